The lowest BCUT2D eigenvalue weighted by Gasteiger charge is -2.35. The Balaban J connectivity index is 1.76. The molecule has 2 heterocycles. The minimum absolute atomic E-state index is 0.232. The quantitative estimate of drug-likeness (QED) is 0.853. The zero-order valence-corrected chi connectivity index (χ0v) is 14.1. The number of carbonyl (C=O) groups excluding carboxylic acids is 1. The van der Waals surface area contributed by atoms with E-state index in [2.05, 4.69) is 16.0 Å². The van der Waals surface area contributed by atoms with Gasteiger partial charge in [0.05, 0.1) is 0 Å². The van der Waals surface area contributed by atoms with E-state index < -0.39 is 5.60 Å². The van der Waals surface area contributed by atoms with Gasteiger partial charge in [0.25, 0.3) is 0 Å². The van der Waals surface area contributed by atoms with Crippen molar-refractivity contribution in [3.05, 3.63) is 29.6 Å². The lowest BCUT2D eigenvalue weighted by molar-refractivity contribution is 0.0146. The number of hydrogen-bond acceptors (Lipinski definition) is 5. The van der Waals surface area contributed by atoms with Crippen molar-refractivity contribution in [2.45, 2.75) is 32.8 Å². The Morgan fingerprint density at radius 2 is 2.04 bits per heavy atom. The minimum atomic E-state index is -0.450. The molecule has 2 rings (SSSR count). The van der Waals surface area contributed by atoms with Gasteiger partial charge < -0.3 is 9.64 Å². The molecule has 0 atom stereocenters. The van der Waals surface area contributed by atoms with Crippen LogP contribution in [-0.4, -0.2) is 59.2 Å². The fraction of sp³-hybridized carbons (Fsp3) is 0.588. The van der Waals surface area contributed by atoms with E-state index in [9.17, 15) is 4.79 Å². The summed E-state index contributed by atoms with van der Waals surface area (Å²) < 4.78 is 5.40. The minimum Gasteiger partial charge on any atom is -0.444 e. The van der Waals surface area contributed by atoms with Crippen LogP contribution >= 0.6 is 0 Å². The standard InChI is InChI=1S/C17H24N4O2/c1-17(2,3)23-16(22)21-10-8-20(9-11-21)7-5-14-4-6-19-15(12-14)13-18/h4,6,12H,5,7-11H2,1-3H3. The fourth-order valence-corrected chi connectivity index (χ4v) is 2.46. The molecule has 0 aromatic carbocycles. The maximum Gasteiger partial charge on any atom is 0.410 e. The fourth-order valence-electron chi connectivity index (χ4n) is 2.46. The van der Waals surface area contributed by atoms with Crippen molar-refractivity contribution in [2.75, 3.05) is 32.7 Å². The van der Waals surface area contributed by atoms with Gasteiger partial charge in [-0.1, -0.05) is 0 Å². The number of aromatic nitrogens is 1. The Labute approximate surface area is 137 Å². The zero-order valence-electron chi connectivity index (χ0n) is 14.1. The molecule has 0 radical (unpaired) electrons. The number of piperazine rings is 1. The van der Waals surface area contributed by atoms with Crippen LogP contribution < -0.4 is 0 Å². The van der Waals surface area contributed by atoms with Crippen LogP contribution in [0.1, 0.15) is 32.0 Å². The van der Waals surface area contributed by atoms with Gasteiger partial charge in [-0.3, -0.25) is 4.90 Å². The van der Waals surface area contributed by atoms with Crippen LogP contribution in [0.5, 0.6) is 0 Å². The van der Waals surface area contributed by atoms with Gasteiger partial charge in [0.2, 0.25) is 0 Å². The highest BCUT2D eigenvalue weighted by Crippen LogP contribution is 2.12. The molecule has 23 heavy (non-hydrogen) atoms. The highest BCUT2D eigenvalue weighted by molar-refractivity contribution is 5.68. The first-order valence-corrected chi connectivity index (χ1v) is 7.93. The molecule has 124 valence electrons. The average molecular weight is 316 g/mol. The molecular formula is C17H24N4O2. The molecular weight excluding hydrogens is 292 g/mol. The second kappa shape index (κ2) is 7.42. The summed E-state index contributed by atoms with van der Waals surface area (Å²) in [6.07, 6.45) is 2.32. The first-order valence-electron chi connectivity index (χ1n) is 7.93. The van der Waals surface area contributed by atoms with Crippen LogP contribution in [-0.2, 0) is 11.2 Å². The van der Waals surface area contributed by atoms with E-state index in [1.807, 2.05) is 32.9 Å². The van der Waals surface area contributed by atoms with Crippen molar-refractivity contribution in [3.8, 4) is 6.07 Å². The normalized spacial score (nSPS) is 16.0. The highest BCUT2D eigenvalue weighted by Gasteiger charge is 2.25. The summed E-state index contributed by atoms with van der Waals surface area (Å²) in [5.74, 6) is 0. The molecule has 0 spiro atoms. The van der Waals surface area contributed by atoms with Gasteiger partial charge in [-0.15, -0.1) is 0 Å². The Morgan fingerprint density at radius 3 is 2.65 bits per heavy atom. The van der Waals surface area contributed by atoms with Gasteiger partial charge in [-0.25, -0.2) is 9.78 Å². The van der Waals surface area contributed by atoms with E-state index in [1.54, 1.807) is 11.1 Å². The number of hydrogen-bond donors (Lipinski definition) is 0. The molecule has 1 aromatic heterocycles. The van der Waals surface area contributed by atoms with Crippen molar-refractivity contribution in [1.29, 1.82) is 5.26 Å². The molecule has 0 aliphatic carbocycles. The third-order valence-corrected chi connectivity index (χ3v) is 3.68. The van der Waals surface area contributed by atoms with Crippen molar-refractivity contribution in [2.24, 2.45) is 0 Å². The van der Waals surface area contributed by atoms with Crippen molar-refractivity contribution < 1.29 is 9.53 Å². The third-order valence-electron chi connectivity index (χ3n) is 3.68. The van der Waals surface area contributed by atoms with Crippen molar-refractivity contribution >= 4 is 6.09 Å². The monoisotopic (exact) mass is 316 g/mol. The molecule has 1 fully saturated rings. The Bertz CT molecular complexity index is 581. The largest absolute Gasteiger partial charge is 0.444 e. The first kappa shape index (κ1) is 17.2. The van der Waals surface area contributed by atoms with E-state index in [4.69, 9.17) is 10.00 Å². The average Bonchev–Trinajstić information content (AvgIpc) is 2.52. The summed E-state index contributed by atoms with van der Waals surface area (Å²) in [5, 5.41) is 8.87. The van der Waals surface area contributed by atoms with Crippen LogP contribution in [0.15, 0.2) is 18.3 Å². The number of ether oxygens (including phenoxy) is 1. The summed E-state index contributed by atoms with van der Waals surface area (Å²) in [4.78, 5) is 20.1. The molecule has 0 N–H and O–H groups in total. The summed E-state index contributed by atoms with van der Waals surface area (Å²) in [7, 11) is 0. The molecule has 1 aromatic rings. The van der Waals surface area contributed by atoms with E-state index in [-0.39, 0.29) is 6.09 Å². The van der Waals surface area contributed by atoms with Gasteiger partial charge in [0.1, 0.15) is 17.4 Å². The van der Waals surface area contributed by atoms with E-state index in [0.717, 1.165) is 31.6 Å². The molecule has 1 saturated heterocycles. The molecule has 0 bridgehead atoms. The van der Waals surface area contributed by atoms with Gasteiger partial charge in [-0.05, 0) is 44.9 Å². The molecule has 1 aliphatic heterocycles. The number of rotatable bonds is 3. The summed E-state index contributed by atoms with van der Waals surface area (Å²) >= 11 is 0. The smallest absolute Gasteiger partial charge is 0.410 e. The van der Waals surface area contributed by atoms with Crippen LogP contribution in [0, 0.1) is 11.3 Å². The summed E-state index contributed by atoms with van der Waals surface area (Å²) in [5.41, 5.74) is 1.12. The van der Waals surface area contributed by atoms with Crippen molar-refractivity contribution in [3.63, 3.8) is 0 Å². The number of nitrogens with zero attached hydrogens (tertiary/aromatic N) is 4. The van der Waals surface area contributed by atoms with Crippen molar-refractivity contribution in [1.82, 2.24) is 14.8 Å². The van der Waals surface area contributed by atoms with Gasteiger partial charge in [0.15, 0.2) is 0 Å². The molecule has 6 nitrogen and oxygen atoms in total. The number of pyridine rings is 1. The lowest BCUT2D eigenvalue weighted by atomic mass is 10.1. The molecule has 6 heteroatoms. The zero-order chi connectivity index (χ0) is 16.9. The molecule has 0 unspecified atom stereocenters. The second-order valence-corrected chi connectivity index (χ2v) is 6.72. The maximum atomic E-state index is 12.0. The number of amides is 1. The van der Waals surface area contributed by atoms with Crippen LogP contribution in [0.25, 0.3) is 0 Å². The predicted octanol–water partition coefficient (Wildman–Crippen LogP) is 2.05. The third kappa shape index (κ3) is 5.53. The van der Waals surface area contributed by atoms with Gasteiger partial charge >= 0.3 is 6.09 Å². The van der Waals surface area contributed by atoms with Crippen LogP contribution in [0.4, 0.5) is 4.79 Å². The lowest BCUT2D eigenvalue weighted by Crippen LogP contribution is -2.50. The van der Waals surface area contributed by atoms with Crippen LogP contribution in [0.2, 0.25) is 0 Å². The highest BCUT2D eigenvalue weighted by atomic mass is 16.6. The Morgan fingerprint density at radius 1 is 1.35 bits per heavy atom. The van der Waals surface area contributed by atoms with E-state index in [0.29, 0.717) is 18.8 Å². The molecule has 1 aliphatic rings. The Kier molecular flexibility index (Phi) is 5.56. The summed E-state index contributed by atoms with van der Waals surface area (Å²) in [6.45, 7) is 9.62. The Hall–Kier alpha value is -2.13. The van der Waals surface area contributed by atoms with Gasteiger partial charge in [0, 0.05) is 38.9 Å². The molecule has 0 saturated carbocycles. The second-order valence-electron chi connectivity index (χ2n) is 6.72. The van der Waals surface area contributed by atoms with E-state index >= 15 is 0 Å². The molecule has 1 amide bonds. The van der Waals surface area contributed by atoms with Crippen LogP contribution in [0.3, 0.4) is 0 Å². The van der Waals surface area contributed by atoms with Gasteiger partial charge in [-0.2, -0.15) is 5.26 Å². The van der Waals surface area contributed by atoms with E-state index in [1.165, 1.54) is 0 Å². The number of nitriles is 1. The SMILES string of the molecule is CC(C)(C)OC(=O)N1CCN(CCc2ccnc(C#N)c2)CC1. The summed E-state index contributed by atoms with van der Waals surface area (Å²) in [6, 6.07) is 5.83. The predicted molar refractivity (Wildman–Crippen MR) is 86.9 cm³/mol. The topological polar surface area (TPSA) is 69.5 Å². The first-order chi connectivity index (χ1) is 10.9. The maximum absolute atomic E-state index is 12.0. The number of carbonyl (C=O) groups is 1.